The van der Waals surface area contributed by atoms with Gasteiger partial charge in [0.05, 0.1) is 16.3 Å². The van der Waals surface area contributed by atoms with E-state index in [9.17, 15) is 4.79 Å². The summed E-state index contributed by atoms with van der Waals surface area (Å²) in [4.78, 5) is 19.1. The number of nitrogens with zero attached hydrogens (tertiary/aromatic N) is 2. The summed E-state index contributed by atoms with van der Waals surface area (Å²) in [6, 6.07) is 17.1. The molecule has 1 amide bonds. The fraction of sp³-hybridized carbons (Fsp3) is 0.143. The molecule has 4 nitrogen and oxygen atoms in total. The van der Waals surface area contributed by atoms with Crippen molar-refractivity contribution in [3.8, 4) is 11.3 Å². The SMILES string of the molecule is CN(C)Cc1ccc(C(=O)Nc2ccc(I)c(-c3ccccn3)c2)c(Cl)c1. The van der Waals surface area contributed by atoms with Crippen LogP contribution in [0.4, 0.5) is 5.69 Å². The van der Waals surface area contributed by atoms with Crippen molar-refractivity contribution in [3.05, 3.63) is 80.5 Å². The van der Waals surface area contributed by atoms with Gasteiger partial charge in [0, 0.05) is 27.6 Å². The Bertz CT molecular complexity index is 961. The number of rotatable bonds is 5. The number of nitrogens with one attached hydrogen (secondary N) is 1. The van der Waals surface area contributed by atoms with Crippen molar-refractivity contribution in [3.63, 3.8) is 0 Å². The van der Waals surface area contributed by atoms with Gasteiger partial charge in [0.1, 0.15) is 0 Å². The van der Waals surface area contributed by atoms with Gasteiger partial charge in [0.2, 0.25) is 0 Å². The Morgan fingerprint density at radius 1 is 1.15 bits per heavy atom. The maximum atomic E-state index is 12.7. The van der Waals surface area contributed by atoms with E-state index in [0.717, 1.165) is 26.9 Å². The average molecular weight is 492 g/mol. The fourth-order valence-corrected chi connectivity index (χ4v) is 3.63. The molecule has 0 atom stereocenters. The minimum Gasteiger partial charge on any atom is -0.322 e. The maximum absolute atomic E-state index is 12.7. The van der Waals surface area contributed by atoms with E-state index in [4.69, 9.17) is 11.6 Å². The highest BCUT2D eigenvalue weighted by Gasteiger charge is 2.13. The predicted molar refractivity (Wildman–Crippen MR) is 119 cm³/mol. The Morgan fingerprint density at radius 3 is 2.63 bits per heavy atom. The van der Waals surface area contributed by atoms with E-state index in [0.29, 0.717) is 16.3 Å². The number of aromatic nitrogens is 1. The second kappa shape index (κ2) is 8.82. The van der Waals surface area contributed by atoms with Crippen LogP contribution in [0.25, 0.3) is 11.3 Å². The quantitative estimate of drug-likeness (QED) is 0.491. The summed E-state index contributed by atoms with van der Waals surface area (Å²) in [5.74, 6) is -0.232. The summed E-state index contributed by atoms with van der Waals surface area (Å²) >= 11 is 8.60. The maximum Gasteiger partial charge on any atom is 0.257 e. The highest BCUT2D eigenvalue weighted by Crippen LogP contribution is 2.27. The van der Waals surface area contributed by atoms with Crippen molar-refractivity contribution in [1.82, 2.24) is 9.88 Å². The topological polar surface area (TPSA) is 45.2 Å². The first-order valence-corrected chi connectivity index (χ1v) is 9.85. The number of carbonyl (C=O) groups excluding carboxylic acids is 1. The molecular formula is C21H19ClIN3O. The second-order valence-electron chi connectivity index (χ2n) is 6.42. The van der Waals surface area contributed by atoms with E-state index in [1.54, 1.807) is 12.3 Å². The molecule has 3 rings (SSSR count). The van der Waals surface area contributed by atoms with E-state index < -0.39 is 0 Å². The van der Waals surface area contributed by atoms with E-state index >= 15 is 0 Å². The summed E-state index contributed by atoms with van der Waals surface area (Å²) in [5, 5.41) is 3.38. The molecule has 3 aromatic rings. The second-order valence-corrected chi connectivity index (χ2v) is 7.99. The first kappa shape index (κ1) is 19.8. The minimum atomic E-state index is -0.232. The molecule has 6 heteroatoms. The zero-order chi connectivity index (χ0) is 19.4. The molecule has 0 aliphatic carbocycles. The number of pyridine rings is 1. The van der Waals surface area contributed by atoms with Crippen molar-refractivity contribution in [2.75, 3.05) is 19.4 Å². The molecule has 0 aliphatic heterocycles. The zero-order valence-corrected chi connectivity index (χ0v) is 18.0. The van der Waals surface area contributed by atoms with Gasteiger partial charge >= 0.3 is 0 Å². The number of hydrogen-bond acceptors (Lipinski definition) is 3. The van der Waals surface area contributed by atoms with Crippen LogP contribution in [-0.4, -0.2) is 29.9 Å². The van der Waals surface area contributed by atoms with Crippen LogP contribution in [0, 0.1) is 3.57 Å². The molecule has 1 heterocycles. The van der Waals surface area contributed by atoms with Crippen LogP contribution in [0.2, 0.25) is 5.02 Å². The Morgan fingerprint density at radius 2 is 1.96 bits per heavy atom. The Kier molecular flexibility index (Phi) is 6.46. The van der Waals surface area contributed by atoms with Crippen molar-refractivity contribution in [1.29, 1.82) is 0 Å². The first-order valence-electron chi connectivity index (χ1n) is 8.39. The smallest absolute Gasteiger partial charge is 0.257 e. The van der Waals surface area contributed by atoms with Gasteiger partial charge in [-0.3, -0.25) is 9.78 Å². The van der Waals surface area contributed by atoms with E-state index in [2.05, 4.69) is 37.8 Å². The van der Waals surface area contributed by atoms with Crippen molar-refractivity contribution < 1.29 is 4.79 Å². The summed E-state index contributed by atoms with van der Waals surface area (Å²) in [5.41, 5.74) is 4.06. The normalized spacial score (nSPS) is 10.9. The molecule has 0 radical (unpaired) electrons. The molecule has 0 fully saturated rings. The number of benzene rings is 2. The largest absolute Gasteiger partial charge is 0.322 e. The van der Waals surface area contributed by atoms with Crippen LogP contribution >= 0.6 is 34.2 Å². The Balaban J connectivity index is 1.82. The van der Waals surface area contributed by atoms with Gasteiger partial charge < -0.3 is 10.2 Å². The van der Waals surface area contributed by atoms with Crippen LogP contribution < -0.4 is 5.32 Å². The standard InChI is InChI=1S/C21H19ClIN3O/c1-26(2)13-14-6-8-16(18(22)11-14)21(27)25-15-7-9-19(23)17(12-15)20-5-3-4-10-24-20/h3-12H,13H2,1-2H3,(H,25,27). The van der Waals surface area contributed by atoms with Crippen molar-refractivity contribution >= 4 is 45.8 Å². The van der Waals surface area contributed by atoms with Crippen LogP contribution in [0.5, 0.6) is 0 Å². The lowest BCUT2D eigenvalue weighted by atomic mass is 10.1. The highest BCUT2D eigenvalue weighted by atomic mass is 127. The van der Waals surface area contributed by atoms with Gasteiger partial charge in [-0.25, -0.2) is 0 Å². The molecule has 138 valence electrons. The number of amides is 1. The third kappa shape index (κ3) is 5.06. The van der Waals surface area contributed by atoms with Crippen LogP contribution in [0.3, 0.4) is 0 Å². The monoisotopic (exact) mass is 491 g/mol. The van der Waals surface area contributed by atoms with Crippen LogP contribution in [0.1, 0.15) is 15.9 Å². The first-order chi connectivity index (χ1) is 12.9. The number of hydrogen-bond donors (Lipinski definition) is 1. The summed E-state index contributed by atoms with van der Waals surface area (Å²) in [6.45, 7) is 0.770. The molecule has 0 saturated heterocycles. The Labute approximate surface area is 177 Å². The summed E-state index contributed by atoms with van der Waals surface area (Å²) in [7, 11) is 3.98. The molecule has 0 spiro atoms. The van der Waals surface area contributed by atoms with Crippen LogP contribution in [0.15, 0.2) is 60.8 Å². The summed E-state index contributed by atoms with van der Waals surface area (Å²) < 4.78 is 1.07. The number of carbonyl (C=O) groups is 1. The van der Waals surface area contributed by atoms with Gasteiger partial charge in [-0.2, -0.15) is 0 Å². The van der Waals surface area contributed by atoms with Gasteiger partial charge in [0.15, 0.2) is 0 Å². The molecule has 27 heavy (non-hydrogen) atoms. The number of anilines is 1. The molecule has 1 aromatic heterocycles. The van der Waals surface area contributed by atoms with Gasteiger partial charge in [-0.05, 0) is 84.7 Å². The zero-order valence-electron chi connectivity index (χ0n) is 15.0. The predicted octanol–water partition coefficient (Wildman–Crippen LogP) is 5.32. The molecule has 0 unspecified atom stereocenters. The van der Waals surface area contributed by atoms with Gasteiger partial charge in [-0.15, -0.1) is 0 Å². The third-order valence-electron chi connectivity index (χ3n) is 3.94. The molecule has 0 aliphatic rings. The molecule has 0 saturated carbocycles. The lowest BCUT2D eigenvalue weighted by Gasteiger charge is -2.12. The molecule has 2 aromatic carbocycles. The minimum absolute atomic E-state index is 0.232. The lowest BCUT2D eigenvalue weighted by Crippen LogP contribution is -2.14. The Hall–Kier alpha value is -1.96. The average Bonchev–Trinajstić information content (AvgIpc) is 2.63. The third-order valence-corrected chi connectivity index (χ3v) is 5.20. The number of halogens is 2. The highest BCUT2D eigenvalue weighted by molar-refractivity contribution is 14.1. The lowest BCUT2D eigenvalue weighted by molar-refractivity contribution is 0.102. The molecular weight excluding hydrogens is 473 g/mol. The van der Waals surface area contributed by atoms with E-state index in [-0.39, 0.29) is 5.91 Å². The van der Waals surface area contributed by atoms with Crippen molar-refractivity contribution in [2.45, 2.75) is 6.54 Å². The van der Waals surface area contributed by atoms with E-state index in [1.165, 1.54) is 0 Å². The molecule has 0 bridgehead atoms. The van der Waals surface area contributed by atoms with Gasteiger partial charge in [0.25, 0.3) is 5.91 Å². The fourth-order valence-electron chi connectivity index (χ4n) is 2.73. The van der Waals surface area contributed by atoms with Crippen LogP contribution in [-0.2, 0) is 6.54 Å². The summed E-state index contributed by atoms with van der Waals surface area (Å²) in [6.07, 6.45) is 1.76. The molecule has 1 N–H and O–H groups in total. The van der Waals surface area contributed by atoms with Gasteiger partial charge in [-0.1, -0.05) is 23.7 Å². The van der Waals surface area contributed by atoms with E-state index in [1.807, 2.05) is 62.6 Å². The van der Waals surface area contributed by atoms with Crippen molar-refractivity contribution in [2.24, 2.45) is 0 Å².